The third-order valence-corrected chi connectivity index (χ3v) is 2.90. The van der Waals surface area contributed by atoms with Gasteiger partial charge in [-0.25, -0.2) is 0 Å². The van der Waals surface area contributed by atoms with Gasteiger partial charge < -0.3 is 10.3 Å². The van der Waals surface area contributed by atoms with E-state index >= 15 is 0 Å². The molecule has 3 aromatic rings. The fourth-order valence-corrected chi connectivity index (χ4v) is 2.06. The lowest BCUT2D eigenvalue weighted by molar-refractivity contribution is 0.436. The highest BCUT2D eigenvalue weighted by atomic mass is 35.5. The quantitative estimate of drug-likeness (QED) is 0.718. The molecule has 0 radical (unpaired) electrons. The van der Waals surface area contributed by atoms with Gasteiger partial charge in [0.05, 0.1) is 5.52 Å². The van der Waals surface area contributed by atoms with Gasteiger partial charge in [-0.15, -0.1) is 0 Å². The molecule has 2 aromatic heterocycles. The highest BCUT2D eigenvalue weighted by Gasteiger charge is 2.10. The fraction of sp³-hybridized carbons (Fsp3) is 0.0909. The monoisotopic (exact) mass is 248 g/mol. The van der Waals surface area contributed by atoms with Gasteiger partial charge in [0.1, 0.15) is 0 Å². The van der Waals surface area contributed by atoms with Gasteiger partial charge in [-0.1, -0.05) is 22.8 Å². The summed E-state index contributed by atoms with van der Waals surface area (Å²) in [4.78, 5) is 0. The molecule has 1 aromatic carbocycles. The minimum Gasteiger partial charge on any atom is -0.381 e. The van der Waals surface area contributed by atoms with Gasteiger partial charge in [0.2, 0.25) is 0 Å². The zero-order chi connectivity index (χ0) is 12.0. The number of hydrogen-bond acceptors (Lipinski definition) is 4. The molecule has 0 amide bonds. The van der Waals surface area contributed by atoms with Crippen LogP contribution in [0.1, 0.15) is 0 Å². The van der Waals surface area contributed by atoms with Crippen molar-refractivity contribution in [3.05, 3.63) is 29.4 Å². The lowest BCUT2D eigenvalue weighted by Crippen LogP contribution is -1.88. The Hall–Kier alpha value is -2.01. The Bertz CT molecular complexity index is 701. The molecule has 5 nitrogen and oxygen atoms in total. The summed E-state index contributed by atoms with van der Waals surface area (Å²) in [5, 5.41) is 9.20. The van der Waals surface area contributed by atoms with Crippen molar-refractivity contribution in [1.29, 1.82) is 0 Å². The average Bonchev–Trinajstić information content (AvgIpc) is 2.85. The average molecular weight is 249 g/mol. The number of halogens is 1. The summed E-state index contributed by atoms with van der Waals surface area (Å²) in [7, 11) is 1.84. The first-order valence-electron chi connectivity index (χ1n) is 5.00. The van der Waals surface area contributed by atoms with E-state index in [0.29, 0.717) is 16.7 Å². The number of benzene rings is 1. The van der Waals surface area contributed by atoms with E-state index < -0.39 is 0 Å². The number of aryl methyl sites for hydroxylation is 1. The number of nitrogens with two attached hydrogens (primary N) is 1. The standard InChI is InChI=1S/C11H9ClN4O/c1-16-8-4-6(9-5-10(13)15-17-9)2-3-7(8)11(12)14-16/h2-5H,1H3,(H2,13,15). The summed E-state index contributed by atoms with van der Waals surface area (Å²) in [5.74, 6) is 0.991. The first-order chi connectivity index (χ1) is 8.15. The van der Waals surface area contributed by atoms with Crippen molar-refractivity contribution >= 4 is 28.3 Å². The number of rotatable bonds is 1. The first kappa shape index (κ1) is 10.2. The van der Waals surface area contributed by atoms with Crippen LogP contribution in [0.4, 0.5) is 5.82 Å². The molecule has 0 atom stereocenters. The molecule has 2 heterocycles. The van der Waals surface area contributed by atoms with Gasteiger partial charge in [-0.2, -0.15) is 5.10 Å². The van der Waals surface area contributed by atoms with E-state index in [9.17, 15) is 0 Å². The zero-order valence-electron chi connectivity index (χ0n) is 9.01. The largest absolute Gasteiger partial charge is 0.381 e. The Morgan fingerprint density at radius 1 is 1.35 bits per heavy atom. The van der Waals surface area contributed by atoms with E-state index in [-0.39, 0.29) is 0 Å². The molecule has 0 saturated carbocycles. The molecule has 0 bridgehead atoms. The van der Waals surface area contributed by atoms with E-state index in [0.717, 1.165) is 16.5 Å². The Morgan fingerprint density at radius 2 is 2.18 bits per heavy atom. The maximum absolute atomic E-state index is 5.99. The van der Waals surface area contributed by atoms with Crippen LogP contribution in [0.3, 0.4) is 0 Å². The van der Waals surface area contributed by atoms with Crippen LogP contribution in [0.2, 0.25) is 5.15 Å². The highest BCUT2D eigenvalue weighted by molar-refractivity contribution is 6.34. The molecule has 0 aliphatic heterocycles. The minimum atomic E-state index is 0.364. The molecule has 0 saturated heterocycles. The fourth-order valence-electron chi connectivity index (χ4n) is 1.79. The second kappa shape index (κ2) is 3.49. The molecule has 17 heavy (non-hydrogen) atoms. The van der Waals surface area contributed by atoms with Gasteiger partial charge in [-0.3, -0.25) is 4.68 Å². The number of nitrogens with zero attached hydrogens (tertiary/aromatic N) is 3. The lowest BCUT2D eigenvalue weighted by atomic mass is 10.1. The summed E-state index contributed by atoms with van der Waals surface area (Å²) in [6.45, 7) is 0. The van der Waals surface area contributed by atoms with E-state index in [4.69, 9.17) is 21.9 Å². The molecule has 2 N–H and O–H groups in total. The second-order valence-electron chi connectivity index (χ2n) is 3.76. The van der Waals surface area contributed by atoms with Crippen LogP contribution < -0.4 is 5.73 Å². The number of aromatic nitrogens is 3. The van der Waals surface area contributed by atoms with E-state index in [1.807, 2.05) is 25.2 Å². The van der Waals surface area contributed by atoms with Crippen molar-refractivity contribution < 1.29 is 4.52 Å². The first-order valence-corrected chi connectivity index (χ1v) is 5.38. The van der Waals surface area contributed by atoms with Crippen LogP contribution >= 0.6 is 11.6 Å². The van der Waals surface area contributed by atoms with Gasteiger partial charge in [-0.05, 0) is 12.1 Å². The zero-order valence-corrected chi connectivity index (χ0v) is 9.77. The number of anilines is 1. The van der Waals surface area contributed by atoms with Gasteiger partial charge in [0.25, 0.3) is 0 Å². The summed E-state index contributed by atoms with van der Waals surface area (Å²) in [6.07, 6.45) is 0. The summed E-state index contributed by atoms with van der Waals surface area (Å²) < 4.78 is 6.83. The Morgan fingerprint density at radius 3 is 2.88 bits per heavy atom. The maximum Gasteiger partial charge on any atom is 0.169 e. The van der Waals surface area contributed by atoms with Gasteiger partial charge >= 0.3 is 0 Å². The van der Waals surface area contributed by atoms with E-state index in [1.54, 1.807) is 10.7 Å². The van der Waals surface area contributed by atoms with E-state index in [1.165, 1.54) is 0 Å². The van der Waals surface area contributed by atoms with Crippen LogP contribution in [-0.4, -0.2) is 14.9 Å². The molecular weight excluding hydrogens is 240 g/mol. The molecule has 6 heteroatoms. The third kappa shape index (κ3) is 1.55. The van der Waals surface area contributed by atoms with Crippen molar-refractivity contribution in [2.24, 2.45) is 7.05 Å². The van der Waals surface area contributed by atoms with Crippen molar-refractivity contribution in [2.75, 3.05) is 5.73 Å². The molecule has 86 valence electrons. The molecular formula is C11H9ClN4O. The number of nitrogen functional groups attached to an aromatic ring is 1. The van der Waals surface area contributed by atoms with Crippen LogP contribution in [0.25, 0.3) is 22.2 Å². The van der Waals surface area contributed by atoms with Gasteiger partial charge in [0, 0.05) is 24.1 Å². The molecule has 0 aliphatic carbocycles. The predicted octanol–water partition coefficient (Wildman–Crippen LogP) is 2.46. The minimum absolute atomic E-state index is 0.364. The molecule has 0 spiro atoms. The SMILES string of the molecule is Cn1nc(Cl)c2ccc(-c3cc(N)no3)cc21. The number of fused-ring (bicyclic) bond motifs is 1. The number of hydrogen-bond donors (Lipinski definition) is 1. The van der Waals surface area contributed by atoms with Gasteiger partial charge in [0.15, 0.2) is 16.7 Å². The third-order valence-electron chi connectivity index (χ3n) is 2.62. The van der Waals surface area contributed by atoms with Crippen LogP contribution in [0, 0.1) is 0 Å². The molecule has 0 aliphatic rings. The summed E-state index contributed by atoms with van der Waals surface area (Å²) >= 11 is 5.99. The van der Waals surface area contributed by atoms with Crippen LogP contribution in [0.15, 0.2) is 28.8 Å². The highest BCUT2D eigenvalue weighted by Crippen LogP contribution is 2.28. The Balaban J connectivity index is 2.22. The smallest absolute Gasteiger partial charge is 0.169 e. The van der Waals surface area contributed by atoms with Crippen LogP contribution in [0.5, 0.6) is 0 Å². The molecule has 3 rings (SSSR count). The van der Waals surface area contributed by atoms with Crippen molar-refractivity contribution in [3.63, 3.8) is 0 Å². The Labute approximate surface area is 102 Å². The van der Waals surface area contributed by atoms with Crippen molar-refractivity contribution in [1.82, 2.24) is 14.9 Å². The lowest BCUT2D eigenvalue weighted by Gasteiger charge is -1.97. The normalized spacial score (nSPS) is 11.2. The molecule has 0 fully saturated rings. The second-order valence-corrected chi connectivity index (χ2v) is 4.12. The predicted molar refractivity (Wildman–Crippen MR) is 65.6 cm³/mol. The molecule has 0 unspecified atom stereocenters. The van der Waals surface area contributed by atoms with Crippen molar-refractivity contribution in [2.45, 2.75) is 0 Å². The maximum atomic E-state index is 5.99. The Kier molecular flexibility index (Phi) is 2.09. The topological polar surface area (TPSA) is 69.9 Å². The van der Waals surface area contributed by atoms with Crippen molar-refractivity contribution in [3.8, 4) is 11.3 Å². The van der Waals surface area contributed by atoms with Crippen LogP contribution in [-0.2, 0) is 7.05 Å². The van der Waals surface area contributed by atoms with E-state index in [2.05, 4.69) is 10.3 Å². The summed E-state index contributed by atoms with van der Waals surface area (Å²) in [6, 6.07) is 7.42. The summed E-state index contributed by atoms with van der Waals surface area (Å²) in [5.41, 5.74) is 7.34.